The zero-order valence-electron chi connectivity index (χ0n) is 18.9. The van der Waals surface area contributed by atoms with E-state index in [1.165, 1.54) is 6.08 Å². The van der Waals surface area contributed by atoms with Gasteiger partial charge in [-0.15, -0.1) is 0 Å². The Hall–Kier alpha value is -2.82. The lowest BCUT2D eigenvalue weighted by Crippen LogP contribution is -2.42. The van der Waals surface area contributed by atoms with Crippen LogP contribution < -0.4 is 9.47 Å². The van der Waals surface area contributed by atoms with Crippen LogP contribution in [0.4, 0.5) is 0 Å². The topological polar surface area (TPSA) is 55.8 Å². The maximum Gasteiger partial charge on any atom is 0.335 e. The maximum atomic E-state index is 13.7. The number of hydrogen-bond donors (Lipinski definition) is 0. The molecule has 0 heterocycles. The Kier molecular flexibility index (Phi) is 8.46. The van der Waals surface area contributed by atoms with Gasteiger partial charge in [0.15, 0.2) is 0 Å². The summed E-state index contributed by atoms with van der Waals surface area (Å²) in [6.07, 6.45) is 4.88. The first-order valence-electron chi connectivity index (χ1n) is 10.7. The summed E-state index contributed by atoms with van der Waals surface area (Å²) < 4.78 is 11.6. The van der Waals surface area contributed by atoms with E-state index in [4.69, 9.17) is 9.47 Å². The lowest BCUT2D eigenvalue weighted by atomic mass is 10.00. The minimum Gasteiger partial charge on any atom is -0.493 e. The molecule has 0 aliphatic carbocycles. The molecule has 0 aliphatic heterocycles. The number of carbonyl (C=O) groups is 2. The number of hydrogen-bond acceptors (Lipinski definition) is 4. The first-order chi connectivity index (χ1) is 14.3. The Labute approximate surface area is 179 Å². The minimum atomic E-state index is -0.518. The van der Waals surface area contributed by atoms with Gasteiger partial charge >= 0.3 is 5.97 Å². The number of allylic oxidation sites excluding steroid dienone is 1. The molecule has 2 aromatic rings. The number of rotatable bonds is 9. The van der Waals surface area contributed by atoms with Crippen molar-refractivity contribution in [3.63, 3.8) is 0 Å². The molecule has 0 fully saturated rings. The minimum absolute atomic E-state index is 0.0139. The fraction of sp³-hybridized carbons (Fsp3) is 0.440. The van der Waals surface area contributed by atoms with Crippen LogP contribution in [-0.4, -0.2) is 35.5 Å². The molecule has 0 saturated heterocycles. The molecule has 30 heavy (non-hydrogen) atoms. The van der Waals surface area contributed by atoms with Gasteiger partial charge in [0.05, 0.1) is 12.2 Å². The van der Waals surface area contributed by atoms with Crippen LogP contribution in [0.2, 0.25) is 0 Å². The van der Waals surface area contributed by atoms with E-state index in [0.717, 1.165) is 18.2 Å². The number of amides is 1. The highest BCUT2D eigenvalue weighted by molar-refractivity contribution is 6.12. The molecule has 0 atom stereocenters. The normalized spacial score (nSPS) is 11.5. The van der Waals surface area contributed by atoms with Crippen molar-refractivity contribution in [2.75, 3.05) is 6.61 Å². The van der Waals surface area contributed by atoms with Gasteiger partial charge in [-0.25, -0.2) is 4.79 Å². The van der Waals surface area contributed by atoms with Gasteiger partial charge in [0.2, 0.25) is 0 Å². The van der Waals surface area contributed by atoms with Crippen molar-refractivity contribution >= 4 is 22.6 Å². The zero-order chi connectivity index (χ0) is 22.3. The molecule has 1 amide bonds. The standard InChI is InChI=1S/C25H33NO4/c1-7-9-16-29-20-13-10-12-19-14-15-21(30-22(27)11-8-2)24(23(19)20)25(28)26(17(3)4)18(5)6/h8,10-15,17-18H,7,9,16H2,1-6H3/b11-8+. The van der Waals surface area contributed by atoms with Crippen LogP contribution in [0.3, 0.4) is 0 Å². The van der Waals surface area contributed by atoms with E-state index in [0.29, 0.717) is 23.3 Å². The van der Waals surface area contributed by atoms with Gasteiger partial charge in [-0.2, -0.15) is 0 Å². The molecule has 0 saturated carbocycles. The van der Waals surface area contributed by atoms with E-state index >= 15 is 0 Å². The first-order valence-corrected chi connectivity index (χ1v) is 10.7. The van der Waals surface area contributed by atoms with E-state index in [9.17, 15) is 9.59 Å². The summed E-state index contributed by atoms with van der Waals surface area (Å²) in [6, 6.07) is 9.22. The predicted octanol–water partition coefficient (Wildman–Crippen LogP) is 5.76. The summed E-state index contributed by atoms with van der Waals surface area (Å²) in [7, 11) is 0. The first kappa shape index (κ1) is 23.5. The van der Waals surface area contributed by atoms with Gasteiger partial charge in [0, 0.05) is 23.5 Å². The summed E-state index contributed by atoms with van der Waals surface area (Å²) in [5, 5.41) is 1.54. The number of esters is 1. The van der Waals surface area contributed by atoms with Crippen molar-refractivity contribution in [2.24, 2.45) is 0 Å². The number of fused-ring (bicyclic) bond motifs is 1. The second kappa shape index (κ2) is 10.8. The number of ether oxygens (including phenoxy) is 2. The third kappa shape index (κ3) is 5.41. The third-order valence-electron chi connectivity index (χ3n) is 4.80. The van der Waals surface area contributed by atoms with Crippen LogP contribution in [0, 0.1) is 0 Å². The molecule has 0 aliphatic rings. The van der Waals surface area contributed by atoms with Crippen LogP contribution in [0.5, 0.6) is 11.5 Å². The molecular weight excluding hydrogens is 378 g/mol. The molecule has 5 nitrogen and oxygen atoms in total. The largest absolute Gasteiger partial charge is 0.493 e. The number of benzene rings is 2. The lowest BCUT2D eigenvalue weighted by Gasteiger charge is -2.32. The number of unbranched alkanes of at least 4 members (excludes halogenated alkanes) is 1. The molecule has 5 heteroatoms. The smallest absolute Gasteiger partial charge is 0.335 e. The number of carbonyl (C=O) groups excluding carboxylic acids is 2. The van der Waals surface area contributed by atoms with Gasteiger partial charge in [-0.1, -0.05) is 37.6 Å². The summed E-state index contributed by atoms with van der Waals surface area (Å²) in [6.45, 7) is 12.3. The van der Waals surface area contributed by atoms with E-state index in [1.54, 1.807) is 24.0 Å². The Morgan fingerprint density at radius 1 is 1.03 bits per heavy atom. The van der Waals surface area contributed by atoms with Gasteiger partial charge in [-0.3, -0.25) is 4.79 Å². The summed E-state index contributed by atoms with van der Waals surface area (Å²) in [4.78, 5) is 27.7. The van der Waals surface area contributed by atoms with Crippen molar-refractivity contribution in [1.82, 2.24) is 4.90 Å². The van der Waals surface area contributed by atoms with Crippen molar-refractivity contribution in [2.45, 2.75) is 66.5 Å². The fourth-order valence-corrected chi connectivity index (χ4v) is 3.54. The Bertz CT molecular complexity index is 907. The molecule has 162 valence electrons. The molecule has 2 rings (SSSR count). The van der Waals surface area contributed by atoms with Crippen molar-refractivity contribution in [3.8, 4) is 11.5 Å². The predicted molar refractivity (Wildman–Crippen MR) is 121 cm³/mol. The molecular formula is C25H33NO4. The summed E-state index contributed by atoms with van der Waals surface area (Å²) in [5.74, 6) is 0.172. The molecule has 0 aromatic heterocycles. The van der Waals surface area contributed by atoms with E-state index < -0.39 is 5.97 Å². The molecule has 2 aromatic carbocycles. The average Bonchev–Trinajstić information content (AvgIpc) is 2.67. The zero-order valence-corrected chi connectivity index (χ0v) is 18.9. The van der Waals surface area contributed by atoms with Crippen molar-refractivity contribution in [1.29, 1.82) is 0 Å². The van der Waals surface area contributed by atoms with Gasteiger partial charge in [0.1, 0.15) is 11.5 Å². The van der Waals surface area contributed by atoms with Gasteiger partial charge < -0.3 is 14.4 Å². The van der Waals surface area contributed by atoms with Crippen LogP contribution in [0.25, 0.3) is 10.8 Å². The van der Waals surface area contributed by atoms with Gasteiger partial charge in [-0.05, 0) is 58.6 Å². The average molecular weight is 412 g/mol. The molecule has 0 unspecified atom stereocenters. The van der Waals surface area contributed by atoms with Crippen molar-refractivity contribution < 1.29 is 19.1 Å². The summed E-state index contributed by atoms with van der Waals surface area (Å²) in [5.41, 5.74) is 0.361. The second-order valence-electron chi connectivity index (χ2n) is 7.82. The quantitative estimate of drug-likeness (QED) is 0.228. The van der Waals surface area contributed by atoms with Crippen LogP contribution in [-0.2, 0) is 4.79 Å². The van der Waals surface area contributed by atoms with E-state index in [2.05, 4.69) is 6.92 Å². The summed E-state index contributed by atoms with van der Waals surface area (Å²) >= 11 is 0. The monoisotopic (exact) mass is 411 g/mol. The fourth-order valence-electron chi connectivity index (χ4n) is 3.54. The van der Waals surface area contributed by atoms with E-state index in [-0.39, 0.29) is 23.7 Å². The molecule has 0 bridgehead atoms. The maximum absolute atomic E-state index is 13.7. The van der Waals surface area contributed by atoms with Crippen LogP contribution in [0.15, 0.2) is 42.5 Å². The lowest BCUT2D eigenvalue weighted by molar-refractivity contribution is -0.129. The SMILES string of the molecule is C/C=C/C(=O)Oc1ccc2cccc(OCCCC)c2c1C(=O)N(C(C)C)C(C)C. The molecule has 0 spiro atoms. The third-order valence-corrected chi connectivity index (χ3v) is 4.80. The van der Waals surface area contributed by atoms with E-state index in [1.807, 2.05) is 52.0 Å². The Morgan fingerprint density at radius 3 is 2.33 bits per heavy atom. The Balaban J connectivity index is 2.73. The van der Waals surface area contributed by atoms with Crippen LogP contribution in [0.1, 0.15) is 64.7 Å². The molecule has 0 radical (unpaired) electrons. The highest BCUT2D eigenvalue weighted by Crippen LogP contribution is 2.36. The molecule has 0 N–H and O–H groups in total. The number of nitrogens with zero attached hydrogens (tertiary/aromatic N) is 1. The second-order valence-corrected chi connectivity index (χ2v) is 7.82. The van der Waals surface area contributed by atoms with Crippen molar-refractivity contribution in [3.05, 3.63) is 48.0 Å². The highest BCUT2D eigenvalue weighted by atomic mass is 16.5. The van der Waals surface area contributed by atoms with Gasteiger partial charge in [0.25, 0.3) is 5.91 Å². The highest BCUT2D eigenvalue weighted by Gasteiger charge is 2.28. The Morgan fingerprint density at radius 2 is 1.73 bits per heavy atom. The van der Waals surface area contributed by atoms with Crippen LogP contribution >= 0.6 is 0 Å².